The van der Waals surface area contributed by atoms with Gasteiger partial charge >= 0.3 is 0 Å². The molecule has 0 spiro atoms. The molecule has 0 N–H and O–H groups in total. The van der Waals surface area contributed by atoms with E-state index in [-0.39, 0.29) is 0 Å². The molecular formula is C14H18N2. The Bertz CT molecular complexity index is 392. The molecule has 1 heterocycles. The SMILES string of the molecule is CCC1CCN(Cc2ccccc2C#N)C1. The molecule has 0 saturated carbocycles. The molecule has 2 rings (SSSR count). The Morgan fingerprint density at radius 3 is 2.94 bits per heavy atom. The largest absolute Gasteiger partial charge is 0.299 e. The first-order chi connectivity index (χ1) is 7.83. The Kier molecular flexibility index (Phi) is 3.58. The highest BCUT2D eigenvalue weighted by Gasteiger charge is 2.21. The number of nitriles is 1. The Morgan fingerprint density at radius 2 is 2.25 bits per heavy atom. The zero-order valence-corrected chi connectivity index (χ0v) is 9.82. The summed E-state index contributed by atoms with van der Waals surface area (Å²) in [6, 6.07) is 10.2. The van der Waals surface area contributed by atoms with Crippen LogP contribution in [0.2, 0.25) is 0 Å². The number of hydrogen-bond donors (Lipinski definition) is 0. The van der Waals surface area contributed by atoms with E-state index < -0.39 is 0 Å². The molecule has 84 valence electrons. The van der Waals surface area contributed by atoms with Crippen LogP contribution in [-0.4, -0.2) is 18.0 Å². The summed E-state index contributed by atoms with van der Waals surface area (Å²) in [5, 5.41) is 9.02. The molecule has 0 bridgehead atoms. The maximum atomic E-state index is 9.02. The van der Waals surface area contributed by atoms with Crippen molar-refractivity contribution in [3.63, 3.8) is 0 Å². The average Bonchev–Trinajstić information content (AvgIpc) is 2.77. The van der Waals surface area contributed by atoms with E-state index in [2.05, 4.69) is 24.0 Å². The smallest absolute Gasteiger partial charge is 0.0995 e. The summed E-state index contributed by atoms with van der Waals surface area (Å²) >= 11 is 0. The molecule has 1 unspecified atom stereocenters. The standard InChI is InChI=1S/C14H18N2/c1-2-12-7-8-16(10-12)11-14-6-4-3-5-13(14)9-15/h3-6,12H,2,7-8,10-11H2,1H3. The summed E-state index contributed by atoms with van der Waals surface area (Å²) in [4.78, 5) is 2.46. The highest BCUT2D eigenvalue weighted by atomic mass is 15.1. The number of nitrogens with zero attached hydrogens (tertiary/aromatic N) is 2. The lowest BCUT2D eigenvalue weighted by atomic mass is 10.1. The van der Waals surface area contributed by atoms with Crippen LogP contribution in [0, 0.1) is 17.2 Å². The van der Waals surface area contributed by atoms with Crippen LogP contribution in [0.25, 0.3) is 0 Å². The molecule has 1 saturated heterocycles. The molecule has 1 aromatic rings. The van der Waals surface area contributed by atoms with E-state index >= 15 is 0 Å². The first-order valence-electron chi connectivity index (χ1n) is 6.04. The first kappa shape index (κ1) is 11.2. The third-order valence-corrected chi connectivity index (χ3v) is 3.48. The van der Waals surface area contributed by atoms with Crippen molar-refractivity contribution in [2.24, 2.45) is 5.92 Å². The lowest BCUT2D eigenvalue weighted by Crippen LogP contribution is -2.20. The van der Waals surface area contributed by atoms with Crippen molar-refractivity contribution in [2.45, 2.75) is 26.3 Å². The summed E-state index contributed by atoms with van der Waals surface area (Å²) in [6.07, 6.45) is 2.58. The van der Waals surface area contributed by atoms with Gasteiger partial charge in [0.1, 0.15) is 0 Å². The van der Waals surface area contributed by atoms with Gasteiger partial charge in [0, 0.05) is 13.1 Å². The van der Waals surface area contributed by atoms with Crippen molar-refractivity contribution < 1.29 is 0 Å². The first-order valence-corrected chi connectivity index (χ1v) is 6.04. The molecule has 0 radical (unpaired) electrons. The third kappa shape index (κ3) is 2.43. The van der Waals surface area contributed by atoms with E-state index in [9.17, 15) is 0 Å². The van der Waals surface area contributed by atoms with Crippen molar-refractivity contribution in [3.8, 4) is 6.07 Å². The van der Waals surface area contributed by atoms with Crippen LogP contribution in [-0.2, 0) is 6.54 Å². The van der Waals surface area contributed by atoms with Crippen LogP contribution in [0.15, 0.2) is 24.3 Å². The van der Waals surface area contributed by atoms with E-state index in [1.54, 1.807) is 0 Å². The minimum atomic E-state index is 0.822. The number of likely N-dealkylation sites (tertiary alicyclic amines) is 1. The second-order valence-corrected chi connectivity index (χ2v) is 4.57. The third-order valence-electron chi connectivity index (χ3n) is 3.48. The predicted octanol–water partition coefficient (Wildman–Crippen LogP) is 2.79. The van der Waals surface area contributed by atoms with E-state index in [0.29, 0.717) is 0 Å². The lowest BCUT2D eigenvalue weighted by Gasteiger charge is -2.16. The Balaban J connectivity index is 2.02. The molecule has 1 aliphatic rings. The van der Waals surface area contributed by atoms with Gasteiger partial charge in [-0.15, -0.1) is 0 Å². The van der Waals surface area contributed by atoms with Gasteiger partial charge in [-0.3, -0.25) is 4.90 Å². The quantitative estimate of drug-likeness (QED) is 0.773. The number of hydrogen-bond acceptors (Lipinski definition) is 2. The molecule has 1 fully saturated rings. The highest BCUT2D eigenvalue weighted by Crippen LogP contribution is 2.21. The van der Waals surface area contributed by atoms with Crippen LogP contribution in [0.4, 0.5) is 0 Å². The summed E-state index contributed by atoms with van der Waals surface area (Å²) in [7, 11) is 0. The lowest BCUT2D eigenvalue weighted by molar-refractivity contribution is 0.315. The minimum Gasteiger partial charge on any atom is -0.299 e. The monoisotopic (exact) mass is 214 g/mol. The van der Waals surface area contributed by atoms with Gasteiger partial charge < -0.3 is 0 Å². The normalized spacial score (nSPS) is 20.9. The van der Waals surface area contributed by atoms with Gasteiger partial charge in [-0.1, -0.05) is 31.5 Å². The second-order valence-electron chi connectivity index (χ2n) is 4.57. The predicted molar refractivity (Wildman–Crippen MR) is 64.8 cm³/mol. The van der Waals surface area contributed by atoms with Gasteiger partial charge in [-0.2, -0.15) is 5.26 Å². The highest BCUT2D eigenvalue weighted by molar-refractivity contribution is 5.37. The zero-order valence-electron chi connectivity index (χ0n) is 9.82. The van der Waals surface area contributed by atoms with E-state index in [1.165, 1.54) is 31.5 Å². The molecule has 16 heavy (non-hydrogen) atoms. The number of rotatable bonds is 3. The fourth-order valence-corrected chi connectivity index (χ4v) is 2.40. The van der Waals surface area contributed by atoms with Crippen molar-refractivity contribution in [1.82, 2.24) is 4.90 Å². The Hall–Kier alpha value is -1.33. The van der Waals surface area contributed by atoms with E-state index in [1.807, 2.05) is 18.2 Å². The average molecular weight is 214 g/mol. The van der Waals surface area contributed by atoms with Crippen LogP contribution in [0.3, 0.4) is 0 Å². The molecule has 2 heteroatoms. The molecule has 2 nitrogen and oxygen atoms in total. The molecule has 1 aliphatic heterocycles. The van der Waals surface area contributed by atoms with Gasteiger partial charge in [0.2, 0.25) is 0 Å². The van der Waals surface area contributed by atoms with Gasteiger partial charge in [0.05, 0.1) is 11.6 Å². The maximum Gasteiger partial charge on any atom is 0.0995 e. The van der Waals surface area contributed by atoms with Gasteiger partial charge in [0.25, 0.3) is 0 Å². The van der Waals surface area contributed by atoms with E-state index in [0.717, 1.165) is 18.0 Å². The van der Waals surface area contributed by atoms with Crippen molar-refractivity contribution in [2.75, 3.05) is 13.1 Å². The van der Waals surface area contributed by atoms with Crippen LogP contribution in [0.5, 0.6) is 0 Å². The van der Waals surface area contributed by atoms with Crippen molar-refractivity contribution >= 4 is 0 Å². The maximum absolute atomic E-state index is 9.02. The van der Waals surface area contributed by atoms with Gasteiger partial charge in [-0.05, 0) is 30.5 Å². The van der Waals surface area contributed by atoms with E-state index in [4.69, 9.17) is 5.26 Å². The molecule has 1 atom stereocenters. The topological polar surface area (TPSA) is 27.0 Å². The Morgan fingerprint density at radius 1 is 1.44 bits per heavy atom. The molecule has 0 aromatic heterocycles. The van der Waals surface area contributed by atoms with Gasteiger partial charge in [-0.25, -0.2) is 0 Å². The molecular weight excluding hydrogens is 196 g/mol. The van der Waals surface area contributed by atoms with Gasteiger partial charge in [0.15, 0.2) is 0 Å². The fraction of sp³-hybridized carbons (Fsp3) is 0.500. The summed E-state index contributed by atoms with van der Waals surface area (Å²) in [5.74, 6) is 0.856. The van der Waals surface area contributed by atoms with Crippen molar-refractivity contribution in [3.05, 3.63) is 35.4 Å². The molecule has 0 aliphatic carbocycles. The second kappa shape index (κ2) is 5.14. The van der Waals surface area contributed by atoms with Crippen molar-refractivity contribution in [1.29, 1.82) is 5.26 Å². The van der Waals surface area contributed by atoms with Crippen LogP contribution < -0.4 is 0 Å². The minimum absolute atomic E-state index is 0.822. The fourth-order valence-electron chi connectivity index (χ4n) is 2.40. The molecule has 1 aromatic carbocycles. The molecule has 0 amide bonds. The summed E-state index contributed by atoms with van der Waals surface area (Å²) < 4.78 is 0. The van der Waals surface area contributed by atoms with Crippen LogP contribution >= 0.6 is 0 Å². The number of benzene rings is 1. The summed E-state index contributed by atoms with van der Waals surface area (Å²) in [5.41, 5.74) is 1.99. The zero-order chi connectivity index (χ0) is 11.4. The Labute approximate surface area is 97.5 Å². The van der Waals surface area contributed by atoms with Crippen LogP contribution in [0.1, 0.15) is 30.9 Å². The summed E-state index contributed by atoms with van der Waals surface area (Å²) in [6.45, 7) is 5.56.